The van der Waals surface area contributed by atoms with E-state index in [1.165, 1.54) is 53.9 Å². The van der Waals surface area contributed by atoms with Crippen molar-refractivity contribution < 1.29 is 23.5 Å². The zero-order valence-corrected chi connectivity index (χ0v) is 12.7. The summed E-state index contributed by atoms with van der Waals surface area (Å²) >= 11 is 1.32. The summed E-state index contributed by atoms with van der Waals surface area (Å²) in [5, 5.41) is 0.539. The molecule has 1 aromatic heterocycles. The van der Waals surface area contributed by atoms with Gasteiger partial charge in [-0.3, -0.25) is 4.57 Å². The Balaban J connectivity index is 2.32. The lowest BCUT2D eigenvalue weighted by Gasteiger charge is -2.10. The lowest BCUT2D eigenvalue weighted by Crippen LogP contribution is -2.17. The molecule has 0 amide bonds. The molecule has 0 saturated carbocycles. The molecule has 22 heavy (non-hydrogen) atoms. The summed E-state index contributed by atoms with van der Waals surface area (Å²) in [4.78, 5) is 27.2. The maximum atomic E-state index is 13.0. The highest BCUT2D eigenvalue weighted by Crippen LogP contribution is 2.22. The molecule has 2 rings (SSSR count). The van der Waals surface area contributed by atoms with Crippen molar-refractivity contribution in [2.24, 2.45) is 0 Å². The van der Waals surface area contributed by atoms with E-state index in [0.717, 1.165) is 0 Å². The number of nitrogens with zero attached hydrogens (tertiary/aromatic N) is 2. The van der Waals surface area contributed by atoms with Gasteiger partial charge in [-0.2, -0.15) is 0 Å². The quantitative estimate of drug-likeness (QED) is 0.619. The fraction of sp³-hybridized carbons (Fsp3) is 0.214. The summed E-state index contributed by atoms with van der Waals surface area (Å²) in [5.41, 5.74) is 0.702. The van der Waals surface area contributed by atoms with Crippen LogP contribution in [0.5, 0.6) is 0 Å². The molecule has 116 valence electrons. The van der Waals surface area contributed by atoms with Crippen LogP contribution < -0.4 is 0 Å². The van der Waals surface area contributed by atoms with E-state index in [9.17, 15) is 14.0 Å². The molecular weight excluding hydrogens is 311 g/mol. The average molecular weight is 324 g/mol. The Kier molecular flexibility index (Phi) is 5.16. The molecule has 0 radical (unpaired) electrons. The monoisotopic (exact) mass is 324 g/mol. The van der Waals surface area contributed by atoms with E-state index in [1.807, 2.05) is 0 Å². The van der Waals surface area contributed by atoms with Gasteiger partial charge in [0.05, 0.1) is 13.3 Å². The number of aromatic nitrogens is 2. The number of thioether (sulfide) groups is 1. The van der Waals surface area contributed by atoms with Gasteiger partial charge in [-0.05, 0) is 30.5 Å². The molecular formula is C14H13FN2O4S. The number of benzene rings is 1. The van der Waals surface area contributed by atoms with Crippen LogP contribution in [0, 0.1) is 5.82 Å². The van der Waals surface area contributed by atoms with Gasteiger partial charge in [0, 0.05) is 5.69 Å². The van der Waals surface area contributed by atoms with Crippen molar-refractivity contribution in [3.63, 3.8) is 0 Å². The van der Waals surface area contributed by atoms with Gasteiger partial charge in [-0.15, -0.1) is 0 Å². The third kappa shape index (κ3) is 3.45. The topological polar surface area (TPSA) is 70.4 Å². The normalized spacial score (nSPS) is 10.3. The maximum absolute atomic E-state index is 13.0. The van der Waals surface area contributed by atoms with Gasteiger partial charge in [-0.25, -0.2) is 19.0 Å². The Hall–Kier alpha value is -2.35. The van der Waals surface area contributed by atoms with Gasteiger partial charge in [0.25, 0.3) is 0 Å². The Morgan fingerprint density at radius 2 is 2.00 bits per heavy atom. The summed E-state index contributed by atoms with van der Waals surface area (Å²) in [6.07, 6.45) is 3.14. The van der Waals surface area contributed by atoms with Gasteiger partial charge in [0.1, 0.15) is 5.82 Å². The van der Waals surface area contributed by atoms with Crippen molar-refractivity contribution in [1.29, 1.82) is 0 Å². The first-order valence-electron chi connectivity index (χ1n) is 6.18. The van der Waals surface area contributed by atoms with E-state index in [1.54, 1.807) is 6.26 Å². The molecule has 6 nitrogen and oxygen atoms in total. The summed E-state index contributed by atoms with van der Waals surface area (Å²) in [5.74, 6) is -1.77. The van der Waals surface area contributed by atoms with Crippen LogP contribution in [0.25, 0.3) is 5.69 Å². The predicted octanol–water partition coefficient (Wildman–Crippen LogP) is 2.06. The molecule has 1 aromatic carbocycles. The molecule has 0 aliphatic heterocycles. The van der Waals surface area contributed by atoms with Crippen molar-refractivity contribution in [2.75, 3.05) is 20.0 Å². The summed E-state index contributed by atoms with van der Waals surface area (Å²) < 4.78 is 23.9. The molecule has 2 aromatic rings. The highest BCUT2D eigenvalue weighted by Gasteiger charge is 2.20. The van der Waals surface area contributed by atoms with Crippen LogP contribution in [0.2, 0.25) is 0 Å². The van der Waals surface area contributed by atoms with E-state index < -0.39 is 18.5 Å². The molecule has 0 N–H and O–H groups in total. The number of hydrogen-bond acceptors (Lipinski definition) is 6. The SMILES string of the molecule is COC(=O)COC(=O)c1cnc(SC)n1-c1ccc(F)cc1. The van der Waals surface area contributed by atoms with Crippen LogP contribution in [0.1, 0.15) is 10.5 Å². The van der Waals surface area contributed by atoms with Crippen molar-refractivity contribution in [2.45, 2.75) is 5.16 Å². The predicted molar refractivity (Wildman–Crippen MR) is 77.6 cm³/mol. The van der Waals surface area contributed by atoms with Crippen molar-refractivity contribution in [1.82, 2.24) is 9.55 Å². The molecule has 1 heterocycles. The number of imidazole rings is 1. The number of rotatable bonds is 5. The molecule has 0 unspecified atom stereocenters. The zero-order valence-electron chi connectivity index (χ0n) is 11.9. The fourth-order valence-electron chi connectivity index (χ4n) is 1.72. The fourth-order valence-corrected chi connectivity index (χ4v) is 2.26. The average Bonchev–Trinajstić information content (AvgIpc) is 2.97. The highest BCUT2D eigenvalue weighted by atomic mass is 32.2. The summed E-state index contributed by atoms with van der Waals surface area (Å²) in [6, 6.07) is 5.60. The smallest absolute Gasteiger partial charge is 0.357 e. The summed E-state index contributed by atoms with van der Waals surface area (Å²) in [7, 11) is 1.20. The zero-order chi connectivity index (χ0) is 16.1. The molecule has 0 spiro atoms. The highest BCUT2D eigenvalue weighted by molar-refractivity contribution is 7.98. The third-order valence-electron chi connectivity index (χ3n) is 2.75. The Labute approximate surface area is 130 Å². The molecule has 0 aliphatic rings. The number of ether oxygens (including phenoxy) is 2. The lowest BCUT2D eigenvalue weighted by atomic mass is 10.3. The molecule has 0 atom stereocenters. The van der Waals surface area contributed by atoms with Gasteiger partial charge in [0.15, 0.2) is 17.5 Å². The van der Waals surface area contributed by atoms with Crippen LogP contribution >= 0.6 is 11.8 Å². The number of hydrogen-bond donors (Lipinski definition) is 0. The van der Waals surface area contributed by atoms with Crippen LogP contribution in [0.15, 0.2) is 35.6 Å². The lowest BCUT2D eigenvalue weighted by molar-refractivity contribution is -0.144. The minimum Gasteiger partial charge on any atom is -0.466 e. The number of halogens is 1. The number of carbonyl (C=O) groups excluding carboxylic acids is 2. The second kappa shape index (κ2) is 7.08. The Morgan fingerprint density at radius 3 is 2.59 bits per heavy atom. The van der Waals surface area contributed by atoms with Crippen LogP contribution in [-0.4, -0.2) is 41.5 Å². The standard InChI is InChI=1S/C14H13FN2O4S/c1-20-12(18)8-21-13(19)11-7-16-14(22-2)17(11)10-5-3-9(15)4-6-10/h3-7H,8H2,1-2H3. The van der Waals surface area contributed by atoms with Crippen LogP contribution in [0.3, 0.4) is 0 Å². The minimum atomic E-state index is -0.720. The molecule has 0 aliphatic carbocycles. The third-order valence-corrected chi connectivity index (χ3v) is 3.41. The van der Waals surface area contributed by atoms with Crippen molar-refractivity contribution >= 4 is 23.7 Å². The van der Waals surface area contributed by atoms with Gasteiger partial charge in [-0.1, -0.05) is 11.8 Å². The Bertz CT molecular complexity index is 685. The Morgan fingerprint density at radius 1 is 1.32 bits per heavy atom. The number of carbonyl (C=O) groups is 2. The molecule has 0 fully saturated rings. The minimum absolute atomic E-state index is 0.139. The first kappa shape index (κ1) is 16.0. The van der Waals surface area contributed by atoms with Crippen molar-refractivity contribution in [3.8, 4) is 5.69 Å². The maximum Gasteiger partial charge on any atom is 0.357 e. The van der Waals surface area contributed by atoms with E-state index in [2.05, 4.69) is 9.72 Å². The van der Waals surface area contributed by atoms with E-state index in [0.29, 0.717) is 10.8 Å². The van der Waals surface area contributed by atoms with Crippen molar-refractivity contribution in [3.05, 3.63) is 42.0 Å². The second-order valence-corrected chi connectivity index (χ2v) is 4.87. The molecule has 8 heteroatoms. The van der Waals surface area contributed by atoms with Gasteiger partial charge in [0.2, 0.25) is 0 Å². The number of methoxy groups -OCH3 is 1. The van der Waals surface area contributed by atoms with Gasteiger partial charge < -0.3 is 9.47 Å². The first-order chi connectivity index (χ1) is 10.6. The summed E-state index contributed by atoms with van der Waals surface area (Å²) in [6.45, 7) is -0.488. The van der Waals surface area contributed by atoms with Crippen LogP contribution in [0.4, 0.5) is 4.39 Å². The molecule has 0 saturated heterocycles. The van der Waals surface area contributed by atoms with E-state index in [4.69, 9.17) is 4.74 Å². The van der Waals surface area contributed by atoms with E-state index in [-0.39, 0.29) is 11.5 Å². The number of esters is 2. The first-order valence-corrected chi connectivity index (χ1v) is 7.41. The van der Waals surface area contributed by atoms with Gasteiger partial charge >= 0.3 is 11.9 Å². The van der Waals surface area contributed by atoms with Crippen LogP contribution in [-0.2, 0) is 14.3 Å². The molecule has 0 bridgehead atoms. The largest absolute Gasteiger partial charge is 0.466 e. The second-order valence-electron chi connectivity index (χ2n) is 4.09. The van der Waals surface area contributed by atoms with E-state index >= 15 is 0 Å².